The molecule has 0 unspecified atom stereocenters. The number of sulfonamides is 2. The summed E-state index contributed by atoms with van der Waals surface area (Å²) in [6.07, 6.45) is 4.43. The smallest absolute Gasteiger partial charge is 0.211 e. The Morgan fingerprint density at radius 3 is 1.96 bits per heavy atom. The van der Waals surface area contributed by atoms with Crippen LogP contribution in [0, 0.1) is 5.92 Å². The quantitative estimate of drug-likeness (QED) is 0.756. The van der Waals surface area contributed by atoms with Gasteiger partial charge in [0.25, 0.3) is 0 Å². The van der Waals surface area contributed by atoms with E-state index in [9.17, 15) is 16.8 Å². The van der Waals surface area contributed by atoms with Crippen LogP contribution in [0.25, 0.3) is 0 Å². The lowest BCUT2D eigenvalue weighted by Gasteiger charge is -2.18. The number of nitrogens with zero attached hydrogens (tertiary/aromatic N) is 1. The topological polar surface area (TPSA) is 83.6 Å². The highest BCUT2D eigenvalue weighted by Gasteiger charge is 2.23. The molecule has 0 radical (unpaired) electrons. The first-order valence-corrected chi connectivity index (χ1v) is 11.3. The van der Waals surface area contributed by atoms with Crippen LogP contribution < -0.4 is 4.72 Å². The predicted octanol–water partition coefficient (Wildman–Crippen LogP) is 2.19. The second-order valence-corrected chi connectivity index (χ2v) is 9.77. The lowest BCUT2D eigenvalue weighted by Crippen LogP contribution is -2.31. The van der Waals surface area contributed by atoms with Gasteiger partial charge in [0.1, 0.15) is 0 Å². The lowest BCUT2D eigenvalue weighted by atomic mass is 10.1. The summed E-state index contributed by atoms with van der Waals surface area (Å²) in [5, 5.41) is 0. The fourth-order valence-corrected chi connectivity index (χ4v) is 5.60. The van der Waals surface area contributed by atoms with E-state index in [2.05, 4.69) is 4.72 Å². The van der Waals surface area contributed by atoms with E-state index in [4.69, 9.17) is 0 Å². The molecule has 1 aliphatic rings. The molecule has 1 aromatic carbocycles. The molecule has 6 nitrogen and oxygen atoms in total. The van der Waals surface area contributed by atoms with E-state index in [0.717, 1.165) is 25.7 Å². The maximum absolute atomic E-state index is 12.4. The van der Waals surface area contributed by atoms with Crippen molar-refractivity contribution in [2.24, 2.45) is 5.92 Å². The van der Waals surface area contributed by atoms with Crippen molar-refractivity contribution in [1.82, 2.24) is 9.03 Å². The Bertz CT molecular complexity index is 733. The molecule has 1 N–H and O–H groups in total. The van der Waals surface area contributed by atoms with Crippen molar-refractivity contribution in [3.8, 4) is 0 Å². The number of benzene rings is 1. The number of rotatable bonds is 8. The molecule has 0 aromatic heterocycles. The maximum atomic E-state index is 12.4. The third-order valence-electron chi connectivity index (χ3n) is 4.51. The summed E-state index contributed by atoms with van der Waals surface area (Å²) in [7, 11) is -7.17. The molecule has 136 valence electrons. The molecule has 1 aliphatic carbocycles. The second kappa shape index (κ2) is 7.95. The van der Waals surface area contributed by atoms with Crippen molar-refractivity contribution in [3.05, 3.63) is 24.3 Å². The van der Waals surface area contributed by atoms with Gasteiger partial charge in [-0.3, -0.25) is 0 Å². The molecule has 0 bridgehead atoms. The monoisotopic (exact) mass is 374 g/mol. The fraction of sp³-hybridized carbons (Fsp3) is 0.625. The zero-order chi connectivity index (χ0) is 17.8. The van der Waals surface area contributed by atoms with Gasteiger partial charge in [0.05, 0.1) is 9.79 Å². The summed E-state index contributed by atoms with van der Waals surface area (Å²) in [6.45, 7) is 4.74. The predicted molar refractivity (Wildman–Crippen MR) is 93.7 cm³/mol. The van der Waals surface area contributed by atoms with Gasteiger partial charge in [-0.2, -0.15) is 4.31 Å². The number of hydrogen-bond acceptors (Lipinski definition) is 4. The first-order chi connectivity index (χ1) is 11.3. The Kier molecular flexibility index (Phi) is 6.41. The third kappa shape index (κ3) is 4.36. The van der Waals surface area contributed by atoms with Gasteiger partial charge in [0.2, 0.25) is 20.0 Å². The molecule has 0 heterocycles. The van der Waals surface area contributed by atoms with Crippen LogP contribution in [0.1, 0.15) is 39.5 Å². The van der Waals surface area contributed by atoms with Gasteiger partial charge >= 0.3 is 0 Å². The minimum atomic E-state index is -3.60. The summed E-state index contributed by atoms with van der Waals surface area (Å²) in [4.78, 5) is 0.208. The molecule has 2 rings (SSSR count). The Labute approximate surface area is 145 Å². The number of hydrogen-bond donors (Lipinski definition) is 1. The van der Waals surface area contributed by atoms with Gasteiger partial charge in [-0.15, -0.1) is 0 Å². The second-order valence-electron chi connectivity index (χ2n) is 6.06. The first-order valence-electron chi connectivity index (χ1n) is 8.41. The average Bonchev–Trinajstić information content (AvgIpc) is 3.07. The van der Waals surface area contributed by atoms with Crippen LogP contribution in [0.15, 0.2) is 34.1 Å². The minimum Gasteiger partial charge on any atom is -0.211 e. The molecule has 0 spiro atoms. The van der Waals surface area contributed by atoms with E-state index in [1.54, 1.807) is 13.8 Å². The van der Waals surface area contributed by atoms with Crippen LogP contribution in [-0.4, -0.2) is 40.8 Å². The van der Waals surface area contributed by atoms with Crippen LogP contribution in [0.5, 0.6) is 0 Å². The van der Waals surface area contributed by atoms with E-state index in [0.29, 0.717) is 25.6 Å². The highest BCUT2D eigenvalue weighted by Crippen LogP contribution is 2.24. The van der Waals surface area contributed by atoms with E-state index in [1.807, 2.05) is 0 Å². The van der Waals surface area contributed by atoms with E-state index in [1.165, 1.54) is 28.6 Å². The molecular weight excluding hydrogens is 348 g/mol. The molecule has 1 saturated carbocycles. The van der Waals surface area contributed by atoms with Crippen molar-refractivity contribution in [3.63, 3.8) is 0 Å². The maximum Gasteiger partial charge on any atom is 0.243 e. The molecule has 0 atom stereocenters. The number of nitrogens with one attached hydrogen (secondary N) is 1. The summed E-state index contributed by atoms with van der Waals surface area (Å²) < 4.78 is 53.5. The van der Waals surface area contributed by atoms with Crippen molar-refractivity contribution >= 4 is 20.0 Å². The summed E-state index contributed by atoms with van der Waals surface area (Å²) in [5.74, 6) is 0.405. The van der Waals surface area contributed by atoms with Crippen molar-refractivity contribution < 1.29 is 16.8 Å². The molecule has 0 amide bonds. The van der Waals surface area contributed by atoms with Crippen LogP contribution in [-0.2, 0) is 20.0 Å². The van der Waals surface area contributed by atoms with Gasteiger partial charge in [-0.25, -0.2) is 21.6 Å². The zero-order valence-corrected chi connectivity index (χ0v) is 15.9. The normalized spacial score (nSPS) is 16.8. The van der Waals surface area contributed by atoms with Crippen LogP contribution in [0.2, 0.25) is 0 Å². The molecular formula is C16H26N2O4S2. The minimum absolute atomic E-state index is 0.0963. The largest absolute Gasteiger partial charge is 0.243 e. The standard InChI is InChI=1S/C16H26N2O4S2/c1-3-18(4-2)24(21,22)16-11-9-15(10-12-16)23(19,20)17-13-14-7-5-6-8-14/h9-12,14,17H,3-8,13H2,1-2H3. The van der Waals surface area contributed by atoms with Crippen LogP contribution >= 0.6 is 0 Å². The molecule has 8 heteroatoms. The molecule has 0 aliphatic heterocycles. The molecule has 1 fully saturated rings. The fourth-order valence-electron chi connectivity index (χ4n) is 3.03. The summed E-state index contributed by atoms with van der Waals surface area (Å²) in [5.41, 5.74) is 0. The molecule has 0 saturated heterocycles. The van der Waals surface area contributed by atoms with Crippen molar-refractivity contribution in [2.45, 2.75) is 49.3 Å². The average molecular weight is 375 g/mol. The van der Waals surface area contributed by atoms with Crippen LogP contribution in [0.4, 0.5) is 0 Å². The van der Waals surface area contributed by atoms with Gasteiger partial charge in [-0.1, -0.05) is 26.7 Å². The molecule has 1 aromatic rings. The third-order valence-corrected chi connectivity index (χ3v) is 8.02. The SMILES string of the molecule is CCN(CC)S(=O)(=O)c1ccc(S(=O)(=O)NCC2CCCC2)cc1. The lowest BCUT2D eigenvalue weighted by molar-refractivity contribution is 0.445. The van der Waals surface area contributed by atoms with Crippen LogP contribution in [0.3, 0.4) is 0 Å². The Hall–Kier alpha value is -0.960. The zero-order valence-electron chi connectivity index (χ0n) is 14.2. The Morgan fingerprint density at radius 2 is 1.46 bits per heavy atom. The van der Waals surface area contributed by atoms with E-state index < -0.39 is 20.0 Å². The Morgan fingerprint density at radius 1 is 0.958 bits per heavy atom. The van der Waals surface area contributed by atoms with E-state index in [-0.39, 0.29) is 9.79 Å². The highest BCUT2D eigenvalue weighted by molar-refractivity contribution is 7.89. The van der Waals surface area contributed by atoms with Gasteiger partial charge < -0.3 is 0 Å². The summed E-state index contributed by atoms with van der Waals surface area (Å²) in [6, 6.07) is 5.43. The van der Waals surface area contributed by atoms with Gasteiger partial charge in [-0.05, 0) is 43.0 Å². The summed E-state index contributed by atoms with van der Waals surface area (Å²) >= 11 is 0. The van der Waals surface area contributed by atoms with Gasteiger partial charge in [0.15, 0.2) is 0 Å². The van der Waals surface area contributed by atoms with Crippen molar-refractivity contribution in [1.29, 1.82) is 0 Å². The first kappa shape index (κ1) is 19.4. The Balaban J connectivity index is 2.13. The van der Waals surface area contributed by atoms with E-state index >= 15 is 0 Å². The van der Waals surface area contributed by atoms with Gasteiger partial charge in [0, 0.05) is 19.6 Å². The molecule has 24 heavy (non-hydrogen) atoms. The highest BCUT2D eigenvalue weighted by atomic mass is 32.2. The van der Waals surface area contributed by atoms with Crippen molar-refractivity contribution in [2.75, 3.05) is 19.6 Å².